The Kier molecular flexibility index (Phi) is 7.93. The summed E-state index contributed by atoms with van der Waals surface area (Å²) in [7, 11) is 4.93. The molecule has 0 atom stereocenters. The molecular weight excluding hydrogens is 492 g/mol. The Morgan fingerprint density at radius 1 is 1.11 bits per heavy atom. The number of rotatable bonds is 9. The molecule has 0 saturated carbocycles. The molecule has 0 spiro atoms. The Morgan fingerprint density at radius 2 is 1.86 bits per heavy atom. The highest BCUT2D eigenvalue weighted by atomic mass is 35.5. The van der Waals surface area contributed by atoms with Crippen LogP contribution in [0.4, 0.5) is 11.6 Å². The van der Waals surface area contributed by atoms with Crippen molar-refractivity contribution >= 4 is 29.1 Å². The predicted octanol–water partition coefficient (Wildman–Crippen LogP) is 5.61. The van der Waals surface area contributed by atoms with Gasteiger partial charge in [-0.05, 0) is 49.7 Å². The molecule has 2 aromatic heterocycles. The van der Waals surface area contributed by atoms with Crippen LogP contribution in [0.1, 0.15) is 35.8 Å². The molecule has 2 aromatic carbocycles. The van der Waals surface area contributed by atoms with Gasteiger partial charge in [0, 0.05) is 37.0 Å². The number of aromatic nitrogens is 4. The van der Waals surface area contributed by atoms with Gasteiger partial charge < -0.3 is 19.7 Å². The minimum absolute atomic E-state index is 0.132. The maximum atomic E-state index is 13.1. The summed E-state index contributed by atoms with van der Waals surface area (Å²) in [6, 6.07) is 13.0. The van der Waals surface area contributed by atoms with Crippen LogP contribution in [0.15, 0.2) is 61.1 Å². The quantitative estimate of drug-likeness (QED) is 0.306. The first kappa shape index (κ1) is 26.0. The summed E-state index contributed by atoms with van der Waals surface area (Å²) < 4.78 is 12.6. The van der Waals surface area contributed by atoms with Gasteiger partial charge >= 0.3 is 0 Å². The zero-order valence-corrected chi connectivity index (χ0v) is 22.2. The van der Waals surface area contributed by atoms with Crippen LogP contribution in [0.3, 0.4) is 0 Å². The van der Waals surface area contributed by atoms with Crippen LogP contribution in [0.5, 0.6) is 11.5 Å². The van der Waals surface area contributed by atoms with Gasteiger partial charge in [-0.25, -0.2) is 9.97 Å². The highest BCUT2D eigenvalue weighted by Crippen LogP contribution is 2.31. The first-order valence-corrected chi connectivity index (χ1v) is 12.1. The summed E-state index contributed by atoms with van der Waals surface area (Å²) in [5, 5.41) is 7.95. The molecule has 0 bridgehead atoms. The van der Waals surface area contributed by atoms with E-state index in [-0.39, 0.29) is 11.9 Å². The molecule has 0 aliphatic heterocycles. The summed E-state index contributed by atoms with van der Waals surface area (Å²) in [6.07, 6.45) is 5.16. The van der Waals surface area contributed by atoms with Gasteiger partial charge in [-0.3, -0.25) is 9.48 Å². The van der Waals surface area contributed by atoms with Gasteiger partial charge in [0.2, 0.25) is 5.95 Å². The molecule has 1 amide bonds. The highest BCUT2D eigenvalue weighted by Gasteiger charge is 2.17. The van der Waals surface area contributed by atoms with Gasteiger partial charge in [-0.15, -0.1) is 0 Å². The number of hydrogen-bond acceptors (Lipinski definition) is 7. The van der Waals surface area contributed by atoms with Gasteiger partial charge in [0.25, 0.3) is 5.91 Å². The molecule has 0 radical (unpaired) electrons. The summed E-state index contributed by atoms with van der Waals surface area (Å²) in [5.41, 5.74) is 3.46. The van der Waals surface area contributed by atoms with E-state index in [0.717, 1.165) is 16.9 Å². The van der Waals surface area contributed by atoms with Gasteiger partial charge in [0.05, 0.1) is 43.0 Å². The third-order valence-corrected chi connectivity index (χ3v) is 6.05. The average molecular weight is 521 g/mol. The maximum absolute atomic E-state index is 13.1. The molecule has 192 valence electrons. The van der Waals surface area contributed by atoms with Gasteiger partial charge in [-0.2, -0.15) is 5.10 Å². The zero-order chi connectivity index (χ0) is 26.5. The van der Waals surface area contributed by atoms with Crippen molar-refractivity contribution in [1.82, 2.24) is 24.6 Å². The number of halogens is 1. The first-order chi connectivity index (χ1) is 17.8. The van der Waals surface area contributed by atoms with Gasteiger partial charge in [0.15, 0.2) is 0 Å². The molecule has 4 rings (SSSR count). The normalized spacial score (nSPS) is 10.9. The third-order valence-electron chi connectivity index (χ3n) is 5.77. The molecule has 10 heteroatoms. The van der Waals surface area contributed by atoms with Crippen LogP contribution >= 0.6 is 11.6 Å². The van der Waals surface area contributed by atoms with Crippen molar-refractivity contribution in [3.05, 3.63) is 77.2 Å². The molecule has 9 nitrogen and oxygen atoms in total. The van der Waals surface area contributed by atoms with E-state index in [1.807, 2.05) is 49.0 Å². The number of amides is 1. The maximum Gasteiger partial charge on any atom is 0.254 e. The van der Waals surface area contributed by atoms with E-state index in [2.05, 4.69) is 20.4 Å². The van der Waals surface area contributed by atoms with Gasteiger partial charge in [-0.1, -0.05) is 23.7 Å². The molecule has 4 aromatic rings. The molecule has 0 fully saturated rings. The summed E-state index contributed by atoms with van der Waals surface area (Å²) in [4.78, 5) is 23.6. The van der Waals surface area contributed by atoms with Crippen molar-refractivity contribution in [3.63, 3.8) is 0 Å². The second-order valence-corrected chi connectivity index (χ2v) is 9.15. The Hall–Kier alpha value is -4.11. The number of anilines is 2. The lowest BCUT2D eigenvalue weighted by Gasteiger charge is -2.19. The topological polar surface area (TPSA) is 94.4 Å². The fourth-order valence-corrected chi connectivity index (χ4v) is 3.92. The summed E-state index contributed by atoms with van der Waals surface area (Å²) in [5.74, 6) is 1.46. The minimum Gasteiger partial charge on any atom is -0.497 e. The first-order valence-electron chi connectivity index (χ1n) is 11.7. The van der Waals surface area contributed by atoms with E-state index in [0.29, 0.717) is 40.2 Å². The number of nitrogens with one attached hydrogen (secondary N) is 1. The van der Waals surface area contributed by atoms with Crippen molar-refractivity contribution in [1.29, 1.82) is 0 Å². The molecule has 0 aliphatic carbocycles. The molecule has 37 heavy (non-hydrogen) atoms. The monoisotopic (exact) mass is 520 g/mol. The van der Waals surface area contributed by atoms with E-state index in [1.165, 1.54) is 6.20 Å². The number of carbonyl (C=O) groups excluding carboxylic acids is 1. The SMILES string of the molecule is COc1ccc(CN(C)C(=O)c2ccc(Nc3ncc(Cl)c(-c4cnn(C(C)C)c4)n3)c(OC)c2)cc1. The number of ether oxygens (including phenoxy) is 2. The van der Waals surface area contributed by atoms with Crippen LogP contribution in [0.2, 0.25) is 5.02 Å². The van der Waals surface area contributed by atoms with Crippen LogP contribution in [0.25, 0.3) is 11.3 Å². The van der Waals surface area contributed by atoms with E-state index in [1.54, 1.807) is 50.6 Å². The van der Waals surface area contributed by atoms with Crippen LogP contribution in [-0.4, -0.2) is 51.8 Å². The van der Waals surface area contributed by atoms with Crippen molar-refractivity contribution in [3.8, 4) is 22.8 Å². The standard InChI is InChI=1S/C27H29ClN6O3/c1-17(2)34-16-20(13-30-34)25-22(28)14-29-27(32-25)31-23-11-8-19(12-24(23)37-5)26(35)33(3)15-18-6-9-21(36-4)10-7-18/h6-14,16-17H,15H2,1-5H3,(H,29,31,32). The molecule has 0 unspecified atom stereocenters. The Labute approximate surface area is 221 Å². The van der Waals surface area contributed by atoms with Crippen molar-refractivity contribution < 1.29 is 14.3 Å². The second kappa shape index (κ2) is 11.3. The third kappa shape index (κ3) is 6.00. The van der Waals surface area contributed by atoms with E-state index < -0.39 is 0 Å². The molecule has 2 heterocycles. The van der Waals surface area contributed by atoms with E-state index in [4.69, 9.17) is 21.1 Å². The van der Waals surface area contributed by atoms with Crippen molar-refractivity contribution in [2.75, 3.05) is 26.6 Å². The van der Waals surface area contributed by atoms with Crippen LogP contribution in [-0.2, 0) is 6.54 Å². The molecule has 0 aliphatic rings. The largest absolute Gasteiger partial charge is 0.497 e. The summed E-state index contributed by atoms with van der Waals surface area (Å²) >= 11 is 6.38. The summed E-state index contributed by atoms with van der Waals surface area (Å²) in [6.45, 7) is 4.55. The number of hydrogen-bond donors (Lipinski definition) is 1. The van der Waals surface area contributed by atoms with Gasteiger partial charge in [0.1, 0.15) is 11.5 Å². The minimum atomic E-state index is -0.132. The average Bonchev–Trinajstić information content (AvgIpc) is 3.40. The number of benzene rings is 2. The van der Waals surface area contributed by atoms with E-state index >= 15 is 0 Å². The van der Waals surface area contributed by atoms with Crippen LogP contribution in [0, 0.1) is 0 Å². The highest BCUT2D eigenvalue weighted by molar-refractivity contribution is 6.32. The van der Waals surface area contributed by atoms with Crippen molar-refractivity contribution in [2.24, 2.45) is 0 Å². The Balaban J connectivity index is 1.51. The fourth-order valence-electron chi connectivity index (χ4n) is 3.72. The Bertz CT molecular complexity index is 1390. The second-order valence-electron chi connectivity index (χ2n) is 8.74. The lowest BCUT2D eigenvalue weighted by Crippen LogP contribution is -2.26. The molecular formula is C27H29ClN6O3. The predicted molar refractivity (Wildman–Crippen MR) is 144 cm³/mol. The lowest BCUT2D eigenvalue weighted by molar-refractivity contribution is 0.0785. The Morgan fingerprint density at radius 3 is 2.51 bits per heavy atom. The van der Waals surface area contributed by atoms with Crippen LogP contribution < -0.4 is 14.8 Å². The number of nitrogens with zero attached hydrogens (tertiary/aromatic N) is 5. The smallest absolute Gasteiger partial charge is 0.254 e. The zero-order valence-electron chi connectivity index (χ0n) is 21.4. The van der Waals surface area contributed by atoms with E-state index in [9.17, 15) is 4.79 Å². The van der Waals surface area contributed by atoms with Crippen molar-refractivity contribution in [2.45, 2.75) is 26.4 Å². The number of methoxy groups -OCH3 is 2. The number of carbonyl (C=O) groups is 1. The molecule has 0 saturated heterocycles. The fraction of sp³-hybridized carbons (Fsp3) is 0.259. The lowest BCUT2D eigenvalue weighted by atomic mass is 10.1. The molecule has 1 N–H and O–H groups in total.